The molecule has 21 heavy (non-hydrogen) atoms. The molecule has 1 heterocycles. The van der Waals surface area contributed by atoms with Gasteiger partial charge in [0.2, 0.25) is 5.28 Å². The van der Waals surface area contributed by atoms with E-state index in [-0.39, 0.29) is 23.2 Å². The summed E-state index contributed by atoms with van der Waals surface area (Å²) < 4.78 is 18.6. The number of rotatable bonds is 3. The summed E-state index contributed by atoms with van der Waals surface area (Å²) in [5.41, 5.74) is -0.522. The average molecular weight is 317 g/mol. The molecule has 0 spiro atoms. The van der Waals surface area contributed by atoms with Crippen LogP contribution in [0.25, 0.3) is 0 Å². The molecule has 2 rings (SSSR count). The number of hydrogen-bond donors (Lipinski definition) is 2. The van der Waals surface area contributed by atoms with Crippen molar-refractivity contribution in [2.75, 3.05) is 5.32 Å². The van der Waals surface area contributed by atoms with E-state index in [0.717, 1.165) is 6.20 Å². The maximum absolute atomic E-state index is 13.4. The highest BCUT2D eigenvalue weighted by Gasteiger charge is 2.32. The number of alkyl carbamates (subject to hydrolysis) is 1. The van der Waals surface area contributed by atoms with Crippen molar-refractivity contribution in [3.05, 3.63) is 17.3 Å². The second-order valence-corrected chi connectivity index (χ2v) is 6.33. The van der Waals surface area contributed by atoms with Gasteiger partial charge in [-0.3, -0.25) is 0 Å². The van der Waals surface area contributed by atoms with E-state index in [9.17, 15) is 9.18 Å². The highest BCUT2D eigenvalue weighted by atomic mass is 35.5. The summed E-state index contributed by atoms with van der Waals surface area (Å²) in [7, 11) is 0. The third-order valence-corrected chi connectivity index (χ3v) is 3.10. The molecule has 1 fully saturated rings. The van der Waals surface area contributed by atoms with E-state index < -0.39 is 17.5 Å². The van der Waals surface area contributed by atoms with Crippen LogP contribution in [0.15, 0.2) is 6.20 Å². The van der Waals surface area contributed by atoms with E-state index >= 15 is 0 Å². The highest BCUT2D eigenvalue weighted by molar-refractivity contribution is 6.28. The topological polar surface area (TPSA) is 76.1 Å². The second-order valence-electron chi connectivity index (χ2n) is 5.99. The minimum Gasteiger partial charge on any atom is -0.444 e. The summed E-state index contributed by atoms with van der Waals surface area (Å²) in [5, 5.41) is 5.68. The van der Waals surface area contributed by atoms with E-state index in [2.05, 4.69) is 20.6 Å². The number of aromatic nitrogens is 2. The quantitative estimate of drug-likeness (QED) is 0.839. The first-order valence-corrected chi connectivity index (χ1v) is 7.05. The molecule has 1 aromatic rings. The molecule has 1 saturated carbocycles. The average Bonchev–Trinajstić information content (AvgIpc) is 2.28. The van der Waals surface area contributed by atoms with Crippen LogP contribution in [0, 0.1) is 5.82 Å². The first-order valence-electron chi connectivity index (χ1n) is 6.67. The summed E-state index contributed by atoms with van der Waals surface area (Å²) in [5.74, 6) is -0.473. The van der Waals surface area contributed by atoms with Gasteiger partial charge in [0.15, 0.2) is 11.6 Å². The lowest BCUT2D eigenvalue weighted by Gasteiger charge is -2.36. The zero-order chi connectivity index (χ0) is 15.6. The van der Waals surface area contributed by atoms with E-state index in [4.69, 9.17) is 16.3 Å². The van der Waals surface area contributed by atoms with Crippen LogP contribution in [0.4, 0.5) is 15.0 Å². The first-order chi connectivity index (χ1) is 9.73. The third-order valence-electron chi connectivity index (χ3n) is 2.91. The summed E-state index contributed by atoms with van der Waals surface area (Å²) in [6, 6.07) is 0.0446. The van der Waals surface area contributed by atoms with Crippen molar-refractivity contribution in [3.8, 4) is 0 Å². The molecular weight excluding hydrogens is 299 g/mol. The van der Waals surface area contributed by atoms with Crippen molar-refractivity contribution in [1.29, 1.82) is 0 Å². The second kappa shape index (κ2) is 6.01. The largest absolute Gasteiger partial charge is 0.444 e. The van der Waals surface area contributed by atoms with Crippen LogP contribution in [-0.2, 0) is 4.74 Å². The fraction of sp³-hybridized carbons (Fsp3) is 0.615. The molecule has 0 radical (unpaired) electrons. The van der Waals surface area contributed by atoms with Crippen molar-refractivity contribution < 1.29 is 13.9 Å². The van der Waals surface area contributed by atoms with Gasteiger partial charge in [0, 0.05) is 12.1 Å². The van der Waals surface area contributed by atoms with Gasteiger partial charge in [-0.25, -0.2) is 14.2 Å². The monoisotopic (exact) mass is 316 g/mol. The van der Waals surface area contributed by atoms with Gasteiger partial charge < -0.3 is 15.4 Å². The van der Waals surface area contributed by atoms with Gasteiger partial charge >= 0.3 is 6.09 Å². The molecule has 1 amide bonds. The summed E-state index contributed by atoms with van der Waals surface area (Å²) >= 11 is 5.62. The SMILES string of the molecule is CC(C)(C)OC(=O)NC1CC(Nc2nc(Cl)ncc2F)C1. The fourth-order valence-electron chi connectivity index (χ4n) is 1.97. The molecule has 1 aliphatic carbocycles. The zero-order valence-electron chi connectivity index (χ0n) is 12.1. The lowest BCUT2D eigenvalue weighted by molar-refractivity contribution is 0.0475. The Labute approximate surface area is 127 Å². The van der Waals surface area contributed by atoms with Gasteiger partial charge in [-0.2, -0.15) is 4.98 Å². The van der Waals surface area contributed by atoms with Gasteiger partial charge in [0.25, 0.3) is 0 Å². The third kappa shape index (κ3) is 4.70. The van der Waals surface area contributed by atoms with Crippen LogP contribution in [0.2, 0.25) is 5.28 Å². The Hall–Kier alpha value is -1.63. The first kappa shape index (κ1) is 15.8. The Bertz CT molecular complexity index is 529. The number of carbonyl (C=O) groups excluding carboxylic acids is 1. The van der Waals surface area contributed by atoms with Crippen molar-refractivity contribution in [2.24, 2.45) is 0 Å². The molecule has 0 aromatic carbocycles. The number of halogens is 2. The van der Waals surface area contributed by atoms with E-state index in [1.54, 1.807) is 20.8 Å². The van der Waals surface area contributed by atoms with Crippen LogP contribution in [-0.4, -0.2) is 33.7 Å². The number of nitrogens with one attached hydrogen (secondary N) is 2. The Kier molecular flexibility index (Phi) is 4.51. The minimum absolute atomic E-state index is 0.0118. The molecule has 0 saturated heterocycles. The lowest BCUT2D eigenvalue weighted by Crippen LogP contribution is -2.50. The molecule has 116 valence electrons. The molecule has 0 bridgehead atoms. The number of anilines is 1. The van der Waals surface area contributed by atoms with Gasteiger partial charge in [-0.1, -0.05) is 0 Å². The smallest absolute Gasteiger partial charge is 0.407 e. The van der Waals surface area contributed by atoms with Crippen LogP contribution in [0.3, 0.4) is 0 Å². The number of hydrogen-bond acceptors (Lipinski definition) is 5. The maximum atomic E-state index is 13.4. The fourth-order valence-corrected chi connectivity index (χ4v) is 2.10. The number of carbonyl (C=O) groups is 1. The van der Waals surface area contributed by atoms with Crippen molar-refractivity contribution >= 4 is 23.5 Å². The molecule has 0 aliphatic heterocycles. The predicted octanol–water partition coefficient (Wildman–Crippen LogP) is 2.74. The van der Waals surface area contributed by atoms with Crippen molar-refractivity contribution in [2.45, 2.75) is 51.3 Å². The van der Waals surface area contributed by atoms with Crippen LogP contribution < -0.4 is 10.6 Å². The molecule has 0 unspecified atom stereocenters. The van der Waals surface area contributed by atoms with E-state index in [1.807, 2.05) is 0 Å². The van der Waals surface area contributed by atoms with Crippen molar-refractivity contribution in [3.63, 3.8) is 0 Å². The summed E-state index contributed by atoms with van der Waals surface area (Å²) in [6.45, 7) is 5.41. The molecule has 8 heteroatoms. The van der Waals surface area contributed by atoms with Crippen LogP contribution in [0.5, 0.6) is 0 Å². The molecule has 1 aliphatic rings. The van der Waals surface area contributed by atoms with Crippen molar-refractivity contribution in [1.82, 2.24) is 15.3 Å². The molecule has 2 N–H and O–H groups in total. The predicted molar refractivity (Wildman–Crippen MR) is 76.8 cm³/mol. The molecule has 0 atom stereocenters. The normalized spacial score (nSPS) is 21.4. The Morgan fingerprint density at radius 1 is 1.43 bits per heavy atom. The number of amides is 1. The lowest BCUT2D eigenvalue weighted by atomic mass is 9.87. The number of ether oxygens (including phenoxy) is 1. The molecule has 1 aromatic heterocycles. The Morgan fingerprint density at radius 2 is 2.10 bits per heavy atom. The Balaban J connectivity index is 1.77. The summed E-state index contributed by atoms with van der Waals surface area (Å²) in [4.78, 5) is 18.9. The van der Waals surface area contributed by atoms with Gasteiger partial charge in [0.05, 0.1) is 6.20 Å². The molecular formula is C13H18ClFN4O2. The van der Waals surface area contributed by atoms with E-state index in [1.165, 1.54) is 0 Å². The van der Waals surface area contributed by atoms with Crippen LogP contribution >= 0.6 is 11.6 Å². The summed E-state index contributed by atoms with van der Waals surface area (Å²) in [6.07, 6.45) is 1.91. The standard InChI is InChI=1S/C13H18ClFN4O2/c1-13(2,3)21-12(20)18-8-4-7(5-8)17-10-9(15)6-16-11(14)19-10/h6-8H,4-5H2,1-3H3,(H,18,20)(H,16,17,19). The highest BCUT2D eigenvalue weighted by Crippen LogP contribution is 2.25. The van der Waals surface area contributed by atoms with Gasteiger partial charge in [0.1, 0.15) is 5.60 Å². The maximum Gasteiger partial charge on any atom is 0.407 e. The number of nitrogens with zero attached hydrogens (tertiary/aromatic N) is 2. The van der Waals surface area contributed by atoms with Crippen LogP contribution in [0.1, 0.15) is 33.6 Å². The van der Waals surface area contributed by atoms with Gasteiger partial charge in [-0.15, -0.1) is 0 Å². The van der Waals surface area contributed by atoms with E-state index in [0.29, 0.717) is 12.8 Å². The zero-order valence-corrected chi connectivity index (χ0v) is 12.9. The minimum atomic E-state index is -0.553. The van der Waals surface area contributed by atoms with Gasteiger partial charge in [-0.05, 0) is 45.2 Å². The molecule has 6 nitrogen and oxygen atoms in total. The Morgan fingerprint density at radius 3 is 2.71 bits per heavy atom.